The van der Waals surface area contributed by atoms with Crippen LogP contribution in [-0.4, -0.2) is 22.7 Å². The van der Waals surface area contributed by atoms with E-state index in [2.05, 4.69) is 21.4 Å². The van der Waals surface area contributed by atoms with Crippen molar-refractivity contribution in [3.63, 3.8) is 0 Å². The highest BCUT2D eigenvalue weighted by atomic mass is 16.5. The minimum Gasteiger partial charge on any atom is -0.481 e. The monoisotopic (exact) mass is 291 g/mol. The number of carbonyl (C=O) groups is 1. The van der Waals surface area contributed by atoms with Crippen molar-refractivity contribution in [3.8, 4) is 18.1 Å². The molecule has 0 fully saturated rings. The Morgan fingerprint density at radius 3 is 2.86 bits per heavy atom. The molecule has 0 atom stereocenters. The average molecular weight is 291 g/mol. The lowest BCUT2D eigenvalue weighted by atomic mass is 10.2. The summed E-state index contributed by atoms with van der Waals surface area (Å²) < 4.78 is 5.39. The van der Waals surface area contributed by atoms with Crippen LogP contribution >= 0.6 is 0 Å². The van der Waals surface area contributed by atoms with Gasteiger partial charge in [-0.15, -0.1) is 6.42 Å². The molecule has 5 heteroatoms. The van der Waals surface area contributed by atoms with Crippen LogP contribution in [0.2, 0.25) is 0 Å². The van der Waals surface area contributed by atoms with Crippen molar-refractivity contribution in [3.05, 3.63) is 54.1 Å². The lowest BCUT2D eigenvalue weighted by molar-refractivity contribution is 0.102. The van der Waals surface area contributed by atoms with Crippen LogP contribution in [0, 0.1) is 12.3 Å². The van der Waals surface area contributed by atoms with Crippen LogP contribution in [0.3, 0.4) is 0 Å². The average Bonchev–Trinajstić information content (AvgIpc) is 2.96. The zero-order chi connectivity index (χ0) is 15.4. The Kier molecular flexibility index (Phi) is 3.75. The van der Waals surface area contributed by atoms with Crippen molar-refractivity contribution < 1.29 is 9.53 Å². The molecule has 1 heterocycles. The number of hydrogen-bond donors (Lipinski definition) is 2. The summed E-state index contributed by atoms with van der Waals surface area (Å²) in [5.74, 6) is 3.27. The molecule has 0 unspecified atom stereocenters. The normalized spacial score (nSPS) is 10.1. The SMILES string of the molecule is C#CCOc1ccc2[nH]nc(NC(=O)c3ccccc3)c2c1. The highest BCUT2D eigenvalue weighted by Gasteiger charge is 2.11. The van der Waals surface area contributed by atoms with Gasteiger partial charge in [0.25, 0.3) is 5.91 Å². The molecule has 0 aliphatic rings. The van der Waals surface area contributed by atoms with Gasteiger partial charge < -0.3 is 10.1 Å². The third-order valence-electron chi connectivity index (χ3n) is 3.12. The Morgan fingerprint density at radius 2 is 2.09 bits per heavy atom. The number of ether oxygens (including phenoxy) is 1. The van der Waals surface area contributed by atoms with Gasteiger partial charge in [0.2, 0.25) is 0 Å². The number of amides is 1. The topological polar surface area (TPSA) is 67.0 Å². The van der Waals surface area contributed by atoms with Crippen LogP contribution in [0.4, 0.5) is 5.82 Å². The van der Waals surface area contributed by atoms with Crippen LogP contribution in [0.25, 0.3) is 10.9 Å². The van der Waals surface area contributed by atoms with Crippen molar-refractivity contribution >= 4 is 22.6 Å². The molecule has 0 radical (unpaired) electrons. The molecule has 3 aromatic rings. The van der Waals surface area contributed by atoms with Gasteiger partial charge in [-0.2, -0.15) is 5.10 Å². The molecule has 3 rings (SSSR count). The third-order valence-corrected chi connectivity index (χ3v) is 3.12. The second-order valence-corrected chi connectivity index (χ2v) is 4.59. The van der Waals surface area contributed by atoms with Gasteiger partial charge >= 0.3 is 0 Å². The summed E-state index contributed by atoms with van der Waals surface area (Å²) in [6, 6.07) is 14.4. The van der Waals surface area contributed by atoms with E-state index in [-0.39, 0.29) is 12.5 Å². The van der Waals surface area contributed by atoms with Crippen molar-refractivity contribution in [2.45, 2.75) is 0 Å². The smallest absolute Gasteiger partial charge is 0.256 e. The van der Waals surface area contributed by atoms with Gasteiger partial charge in [-0.25, -0.2) is 0 Å². The lowest BCUT2D eigenvalue weighted by Crippen LogP contribution is -2.12. The number of H-pyrrole nitrogens is 1. The fourth-order valence-corrected chi connectivity index (χ4v) is 2.07. The molecular formula is C17H13N3O2. The Balaban J connectivity index is 1.87. The van der Waals surface area contributed by atoms with Gasteiger partial charge in [0.15, 0.2) is 5.82 Å². The summed E-state index contributed by atoms with van der Waals surface area (Å²) in [5.41, 5.74) is 1.37. The summed E-state index contributed by atoms with van der Waals surface area (Å²) in [5, 5.41) is 10.5. The first-order chi connectivity index (χ1) is 10.8. The van der Waals surface area contributed by atoms with E-state index in [1.807, 2.05) is 24.3 Å². The molecule has 22 heavy (non-hydrogen) atoms. The third kappa shape index (κ3) is 2.76. The number of hydrogen-bond acceptors (Lipinski definition) is 3. The second-order valence-electron chi connectivity index (χ2n) is 4.59. The highest BCUT2D eigenvalue weighted by Crippen LogP contribution is 2.25. The first kappa shape index (κ1) is 13.7. The predicted octanol–water partition coefficient (Wildman–Crippen LogP) is 2.83. The van der Waals surface area contributed by atoms with E-state index in [0.717, 1.165) is 10.9 Å². The molecule has 0 aliphatic heterocycles. The number of nitrogens with zero attached hydrogens (tertiary/aromatic N) is 1. The van der Waals surface area contributed by atoms with Crippen molar-refractivity contribution in [1.82, 2.24) is 10.2 Å². The molecule has 5 nitrogen and oxygen atoms in total. The highest BCUT2D eigenvalue weighted by molar-refractivity contribution is 6.07. The van der Waals surface area contributed by atoms with E-state index in [1.54, 1.807) is 24.3 Å². The molecule has 0 saturated heterocycles. The minimum absolute atomic E-state index is 0.190. The fourth-order valence-electron chi connectivity index (χ4n) is 2.07. The maximum Gasteiger partial charge on any atom is 0.256 e. The second kappa shape index (κ2) is 6.02. The Hall–Kier alpha value is -3.26. The molecule has 0 aliphatic carbocycles. The summed E-state index contributed by atoms with van der Waals surface area (Å²) in [6.07, 6.45) is 5.18. The number of aromatic nitrogens is 2. The zero-order valence-electron chi connectivity index (χ0n) is 11.7. The van der Waals surface area contributed by atoms with Crippen molar-refractivity contribution in [1.29, 1.82) is 0 Å². The van der Waals surface area contributed by atoms with Gasteiger partial charge in [0.05, 0.1) is 5.52 Å². The summed E-state index contributed by atoms with van der Waals surface area (Å²) >= 11 is 0. The molecule has 2 N–H and O–H groups in total. The lowest BCUT2D eigenvalue weighted by Gasteiger charge is -2.04. The van der Waals surface area contributed by atoms with E-state index >= 15 is 0 Å². The number of terminal acetylenes is 1. The Labute approximate surface area is 127 Å². The molecule has 0 bridgehead atoms. The standard InChI is InChI=1S/C17H13N3O2/c1-2-10-22-13-8-9-15-14(11-13)16(20-19-15)18-17(21)12-6-4-3-5-7-12/h1,3-9,11H,10H2,(H2,18,19,20,21). The first-order valence-electron chi connectivity index (χ1n) is 6.69. The maximum absolute atomic E-state index is 12.2. The fraction of sp³-hybridized carbons (Fsp3) is 0.0588. The molecule has 0 spiro atoms. The molecule has 108 valence electrons. The number of nitrogens with one attached hydrogen (secondary N) is 2. The van der Waals surface area contributed by atoms with Crippen LogP contribution < -0.4 is 10.1 Å². The molecular weight excluding hydrogens is 278 g/mol. The van der Waals surface area contributed by atoms with E-state index < -0.39 is 0 Å². The number of anilines is 1. The largest absolute Gasteiger partial charge is 0.481 e. The van der Waals surface area contributed by atoms with Gasteiger partial charge in [0, 0.05) is 10.9 Å². The summed E-state index contributed by atoms with van der Waals surface area (Å²) in [6.45, 7) is 0.190. The quantitative estimate of drug-likeness (QED) is 0.726. The van der Waals surface area contributed by atoms with E-state index in [4.69, 9.17) is 11.2 Å². The molecule has 0 saturated carbocycles. The zero-order valence-corrected chi connectivity index (χ0v) is 11.7. The minimum atomic E-state index is -0.219. The Bertz CT molecular complexity index is 847. The van der Waals surface area contributed by atoms with Gasteiger partial charge in [0.1, 0.15) is 12.4 Å². The first-order valence-corrected chi connectivity index (χ1v) is 6.69. The van der Waals surface area contributed by atoms with E-state index in [1.165, 1.54) is 0 Å². The Morgan fingerprint density at radius 1 is 1.27 bits per heavy atom. The van der Waals surface area contributed by atoms with Gasteiger partial charge in [-0.1, -0.05) is 24.1 Å². The van der Waals surface area contributed by atoms with Crippen LogP contribution in [0.5, 0.6) is 5.75 Å². The number of rotatable bonds is 4. The van der Waals surface area contributed by atoms with Crippen molar-refractivity contribution in [2.75, 3.05) is 11.9 Å². The molecule has 1 amide bonds. The predicted molar refractivity (Wildman–Crippen MR) is 84.8 cm³/mol. The summed E-state index contributed by atoms with van der Waals surface area (Å²) in [7, 11) is 0. The molecule has 1 aromatic heterocycles. The number of fused-ring (bicyclic) bond motifs is 1. The van der Waals surface area contributed by atoms with Crippen LogP contribution in [-0.2, 0) is 0 Å². The maximum atomic E-state index is 12.2. The van der Waals surface area contributed by atoms with E-state index in [9.17, 15) is 4.79 Å². The number of aromatic amines is 1. The number of benzene rings is 2. The number of carbonyl (C=O) groups excluding carboxylic acids is 1. The molecule has 2 aromatic carbocycles. The van der Waals surface area contributed by atoms with E-state index in [0.29, 0.717) is 17.1 Å². The summed E-state index contributed by atoms with van der Waals surface area (Å²) in [4.78, 5) is 12.2. The van der Waals surface area contributed by atoms with Crippen molar-refractivity contribution in [2.24, 2.45) is 0 Å². The van der Waals surface area contributed by atoms with Crippen LogP contribution in [0.15, 0.2) is 48.5 Å². The van der Waals surface area contributed by atoms with Gasteiger partial charge in [-0.05, 0) is 30.3 Å². The van der Waals surface area contributed by atoms with Crippen LogP contribution in [0.1, 0.15) is 10.4 Å². The van der Waals surface area contributed by atoms with Gasteiger partial charge in [-0.3, -0.25) is 9.89 Å².